The maximum absolute atomic E-state index is 11.1. The molecule has 3 nitrogen and oxygen atoms in total. The molecule has 0 fully saturated rings. The lowest BCUT2D eigenvalue weighted by Crippen LogP contribution is -2.04. The summed E-state index contributed by atoms with van der Waals surface area (Å²) in [6, 6.07) is 12.6. The summed E-state index contributed by atoms with van der Waals surface area (Å²) in [5.74, 6) is -0.814. The summed E-state index contributed by atoms with van der Waals surface area (Å²) in [4.78, 5) is 11.1. The highest BCUT2D eigenvalue weighted by Crippen LogP contribution is 2.27. The zero-order valence-electron chi connectivity index (χ0n) is 10.4. The smallest absolute Gasteiger partial charge is 0.341 e. The molecule has 0 radical (unpaired) electrons. The predicted octanol–water partition coefficient (Wildman–Crippen LogP) is 3.93. The molecule has 0 heterocycles. The highest BCUT2D eigenvalue weighted by molar-refractivity contribution is 6.33. The molecule has 1 N–H and O–H groups in total. The van der Waals surface area contributed by atoms with E-state index in [9.17, 15) is 4.79 Å². The Morgan fingerprint density at radius 2 is 2.00 bits per heavy atom. The SMILES string of the molecule is Cc1cccc(COc2cccc(Cl)c2C(=O)O)c1. The van der Waals surface area contributed by atoms with Gasteiger partial charge in [-0.2, -0.15) is 0 Å². The Kier molecular flexibility index (Phi) is 4.07. The second-order valence-electron chi connectivity index (χ2n) is 4.20. The van der Waals surface area contributed by atoms with E-state index < -0.39 is 5.97 Å². The molecule has 0 atom stereocenters. The summed E-state index contributed by atoms with van der Waals surface area (Å²) < 4.78 is 5.56. The fourth-order valence-electron chi connectivity index (χ4n) is 1.80. The number of hydrogen-bond acceptors (Lipinski definition) is 2. The van der Waals surface area contributed by atoms with E-state index in [-0.39, 0.29) is 16.3 Å². The van der Waals surface area contributed by atoms with E-state index >= 15 is 0 Å². The molecular formula is C15H13ClO3. The molecule has 0 aliphatic heterocycles. The molecule has 0 aromatic heterocycles. The third kappa shape index (κ3) is 3.26. The minimum Gasteiger partial charge on any atom is -0.488 e. The largest absolute Gasteiger partial charge is 0.488 e. The van der Waals surface area contributed by atoms with Crippen molar-refractivity contribution in [2.75, 3.05) is 0 Å². The highest BCUT2D eigenvalue weighted by atomic mass is 35.5. The summed E-state index contributed by atoms with van der Waals surface area (Å²) in [5, 5.41) is 9.30. The van der Waals surface area contributed by atoms with E-state index in [1.54, 1.807) is 12.1 Å². The third-order valence-corrected chi connectivity index (χ3v) is 2.98. The first-order chi connectivity index (χ1) is 9.08. The summed E-state index contributed by atoms with van der Waals surface area (Å²) in [6.45, 7) is 2.30. The van der Waals surface area contributed by atoms with Crippen LogP contribution in [0.15, 0.2) is 42.5 Å². The molecule has 19 heavy (non-hydrogen) atoms. The van der Waals surface area contributed by atoms with Crippen LogP contribution in [0.4, 0.5) is 0 Å². The zero-order valence-corrected chi connectivity index (χ0v) is 11.1. The van der Waals surface area contributed by atoms with Crippen molar-refractivity contribution >= 4 is 17.6 Å². The number of carboxylic acid groups (broad SMARTS) is 1. The highest BCUT2D eigenvalue weighted by Gasteiger charge is 2.15. The van der Waals surface area contributed by atoms with Crippen molar-refractivity contribution in [3.63, 3.8) is 0 Å². The second-order valence-corrected chi connectivity index (χ2v) is 4.60. The zero-order chi connectivity index (χ0) is 13.8. The molecule has 0 spiro atoms. The van der Waals surface area contributed by atoms with Crippen LogP contribution >= 0.6 is 11.6 Å². The van der Waals surface area contributed by atoms with Crippen molar-refractivity contribution in [1.82, 2.24) is 0 Å². The van der Waals surface area contributed by atoms with Gasteiger partial charge >= 0.3 is 5.97 Å². The van der Waals surface area contributed by atoms with Crippen LogP contribution in [0.1, 0.15) is 21.5 Å². The number of hydrogen-bond donors (Lipinski definition) is 1. The van der Waals surface area contributed by atoms with Crippen molar-refractivity contribution < 1.29 is 14.6 Å². The van der Waals surface area contributed by atoms with Gasteiger partial charge in [-0.25, -0.2) is 4.79 Å². The first-order valence-corrected chi connectivity index (χ1v) is 6.16. The second kappa shape index (κ2) is 5.76. The van der Waals surface area contributed by atoms with Gasteiger partial charge in [0.1, 0.15) is 17.9 Å². The number of rotatable bonds is 4. The maximum Gasteiger partial charge on any atom is 0.341 e. The molecule has 2 aromatic carbocycles. The number of aryl methyl sites for hydroxylation is 1. The number of halogens is 1. The molecule has 0 aliphatic carbocycles. The van der Waals surface area contributed by atoms with Gasteiger partial charge in [0.25, 0.3) is 0 Å². The first-order valence-electron chi connectivity index (χ1n) is 5.78. The van der Waals surface area contributed by atoms with Gasteiger partial charge < -0.3 is 9.84 Å². The van der Waals surface area contributed by atoms with E-state index in [0.717, 1.165) is 11.1 Å². The van der Waals surface area contributed by atoms with Gasteiger partial charge in [-0.3, -0.25) is 0 Å². The fourth-order valence-corrected chi connectivity index (χ4v) is 2.04. The van der Waals surface area contributed by atoms with Gasteiger partial charge in [-0.1, -0.05) is 47.5 Å². The summed E-state index contributed by atoms with van der Waals surface area (Å²) in [5.41, 5.74) is 2.11. The first kappa shape index (κ1) is 13.4. The Hall–Kier alpha value is -2.00. The lowest BCUT2D eigenvalue weighted by molar-refractivity contribution is 0.0692. The van der Waals surface area contributed by atoms with Crippen molar-refractivity contribution in [3.8, 4) is 5.75 Å². The predicted molar refractivity (Wildman–Crippen MR) is 73.9 cm³/mol. The molecule has 98 valence electrons. The van der Waals surface area contributed by atoms with Gasteiger partial charge in [0.05, 0.1) is 5.02 Å². The van der Waals surface area contributed by atoms with Crippen molar-refractivity contribution in [2.24, 2.45) is 0 Å². The monoisotopic (exact) mass is 276 g/mol. The molecule has 2 rings (SSSR count). The molecule has 0 bridgehead atoms. The average Bonchev–Trinajstić information content (AvgIpc) is 2.36. The quantitative estimate of drug-likeness (QED) is 0.920. The van der Waals surface area contributed by atoms with Crippen molar-refractivity contribution in [1.29, 1.82) is 0 Å². The van der Waals surface area contributed by atoms with Crippen LogP contribution in [0, 0.1) is 6.92 Å². The molecular weight excluding hydrogens is 264 g/mol. The fraction of sp³-hybridized carbons (Fsp3) is 0.133. The Balaban J connectivity index is 2.20. The average molecular weight is 277 g/mol. The van der Waals surface area contributed by atoms with E-state index in [1.807, 2.05) is 31.2 Å². The number of benzene rings is 2. The topological polar surface area (TPSA) is 46.5 Å². The molecule has 0 saturated carbocycles. The van der Waals surface area contributed by atoms with Gasteiger partial charge in [0, 0.05) is 0 Å². The molecule has 0 aliphatic rings. The Morgan fingerprint density at radius 1 is 1.26 bits per heavy atom. The molecule has 0 saturated heterocycles. The molecule has 4 heteroatoms. The van der Waals surface area contributed by atoms with Gasteiger partial charge in [0.15, 0.2) is 0 Å². The lowest BCUT2D eigenvalue weighted by atomic mass is 10.1. The van der Waals surface area contributed by atoms with Crippen LogP contribution < -0.4 is 4.74 Å². The van der Waals surface area contributed by atoms with E-state index in [0.29, 0.717) is 6.61 Å². The minimum atomic E-state index is -1.09. The van der Waals surface area contributed by atoms with Crippen LogP contribution in [0.25, 0.3) is 0 Å². The van der Waals surface area contributed by atoms with E-state index in [1.165, 1.54) is 6.07 Å². The normalized spacial score (nSPS) is 10.2. The van der Waals surface area contributed by atoms with Crippen molar-refractivity contribution in [2.45, 2.75) is 13.5 Å². The van der Waals surface area contributed by atoms with Crippen LogP contribution in [0.3, 0.4) is 0 Å². The number of carboxylic acids is 1. The Labute approximate surface area is 116 Å². The summed E-state index contributed by atoms with van der Waals surface area (Å²) in [7, 11) is 0. The molecule has 2 aromatic rings. The van der Waals surface area contributed by atoms with Gasteiger partial charge in [0.2, 0.25) is 0 Å². The van der Waals surface area contributed by atoms with E-state index in [2.05, 4.69) is 0 Å². The number of aromatic carboxylic acids is 1. The van der Waals surface area contributed by atoms with Crippen LogP contribution in [0.2, 0.25) is 5.02 Å². The standard InChI is InChI=1S/C15H13ClO3/c1-10-4-2-5-11(8-10)9-19-13-7-3-6-12(16)14(13)15(17)18/h2-8H,9H2,1H3,(H,17,18). The third-order valence-electron chi connectivity index (χ3n) is 2.67. The minimum absolute atomic E-state index is 0.00294. The Bertz CT molecular complexity index is 608. The number of ether oxygens (including phenoxy) is 1. The van der Waals surface area contributed by atoms with E-state index in [4.69, 9.17) is 21.4 Å². The van der Waals surface area contributed by atoms with Gasteiger partial charge in [-0.15, -0.1) is 0 Å². The number of carbonyl (C=O) groups is 1. The Morgan fingerprint density at radius 3 is 2.68 bits per heavy atom. The summed E-state index contributed by atoms with van der Waals surface area (Å²) >= 11 is 5.87. The van der Waals surface area contributed by atoms with Crippen LogP contribution in [-0.2, 0) is 6.61 Å². The van der Waals surface area contributed by atoms with Crippen LogP contribution in [0.5, 0.6) is 5.75 Å². The van der Waals surface area contributed by atoms with Crippen LogP contribution in [-0.4, -0.2) is 11.1 Å². The van der Waals surface area contributed by atoms with Gasteiger partial charge in [-0.05, 0) is 24.6 Å². The summed E-state index contributed by atoms with van der Waals surface area (Å²) in [6.07, 6.45) is 0. The molecule has 0 amide bonds. The maximum atomic E-state index is 11.1. The van der Waals surface area contributed by atoms with Crippen molar-refractivity contribution in [3.05, 3.63) is 64.2 Å². The lowest BCUT2D eigenvalue weighted by Gasteiger charge is -2.10. The molecule has 0 unspecified atom stereocenters.